The van der Waals surface area contributed by atoms with Crippen LogP contribution in [-0.4, -0.2) is 18.5 Å². The van der Waals surface area contributed by atoms with Gasteiger partial charge in [-0.2, -0.15) is 0 Å². The van der Waals surface area contributed by atoms with Gasteiger partial charge < -0.3 is 10.1 Å². The number of aryl methyl sites for hydroxylation is 1. The molecule has 142 valence electrons. The fourth-order valence-electron chi connectivity index (χ4n) is 2.93. The third-order valence-electron chi connectivity index (χ3n) is 4.31. The zero-order chi connectivity index (χ0) is 19.9. The Morgan fingerprint density at radius 2 is 1.50 bits per heavy atom. The SMILES string of the molecule is Cc1cc(I)ccc1NC(=O)COC(=O)C(c1ccccc1)c1ccccc1. The van der Waals surface area contributed by atoms with Crippen LogP contribution in [0.2, 0.25) is 0 Å². The number of hydrogen-bond acceptors (Lipinski definition) is 3. The van der Waals surface area contributed by atoms with Gasteiger partial charge in [0.2, 0.25) is 0 Å². The summed E-state index contributed by atoms with van der Waals surface area (Å²) in [4.78, 5) is 25.1. The predicted octanol–water partition coefficient (Wildman–Crippen LogP) is 4.91. The first kappa shape index (κ1) is 20.1. The Bertz CT molecular complexity index is 919. The van der Waals surface area contributed by atoms with Crippen LogP contribution in [0.5, 0.6) is 0 Å². The maximum absolute atomic E-state index is 12.8. The number of anilines is 1. The van der Waals surface area contributed by atoms with Crippen LogP contribution in [0.25, 0.3) is 0 Å². The summed E-state index contributed by atoms with van der Waals surface area (Å²) in [5, 5.41) is 2.79. The van der Waals surface area contributed by atoms with Crippen molar-refractivity contribution in [1.82, 2.24) is 0 Å². The number of hydrogen-bond donors (Lipinski definition) is 1. The molecule has 0 aromatic heterocycles. The highest BCUT2D eigenvalue weighted by atomic mass is 127. The molecule has 0 unspecified atom stereocenters. The van der Waals surface area contributed by atoms with E-state index < -0.39 is 11.9 Å². The number of carbonyl (C=O) groups excluding carboxylic acids is 2. The molecule has 0 heterocycles. The van der Waals surface area contributed by atoms with Crippen molar-refractivity contribution in [1.29, 1.82) is 0 Å². The third-order valence-corrected chi connectivity index (χ3v) is 4.98. The van der Waals surface area contributed by atoms with Crippen LogP contribution in [0.4, 0.5) is 5.69 Å². The summed E-state index contributed by atoms with van der Waals surface area (Å²) in [5.41, 5.74) is 3.32. The molecule has 0 saturated carbocycles. The molecule has 1 amide bonds. The third kappa shape index (κ3) is 5.19. The molecule has 5 heteroatoms. The second-order valence-corrected chi connectivity index (χ2v) is 7.62. The highest BCUT2D eigenvalue weighted by Gasteiger charge is 2.24. The standard InChI is InChI=1S/C23H20INO3/c1-16-14-19(24)12-13-20(16)25-21(26)15-28-23(27)22(17-8-4-2-5-9-17)18-10-6-3-7-11-18/h2-14,22H,15H2,1H3,(H,25,26). The summed E-state index contributed by atoms with van der Waals surface area (Å²) < 4.78 is 6.45. The molecule has 0 atom stereocenters. The molecule has 3 rings (SSSR count). The van der Waals surface area contributed by atoms with E-state index in [-0.39, 0.29) is 12.5 Å². The lowest BCUT2D eigenvalue weighted by atomic mass is 9.91. The van der Waals surface area contributed by atoms with E-state index in [1.165, 1.54) is 0 Å². The number of benzene rings is 3. The van der Waals surface area contributed by atoms with Gasteiger partial charge >= 0.3 is 5.97 Å². The minimum atomic E-state index is -0.574. The van der Waals surface area contributed by atoms with Crippen molar-refractivity contribution >= 4 is 40.2 Å². The van der Waals surface area contributed by atoms with Gasteiger partial charge in [-0.05, 0) is 64.4 Å². The van der Waals surface area contributed by atoms with E-state index in [1.54, 1.807) is 0 Å². The highest BCUT2D eigenvalue weighted by molar-refractivity contribution is 14.1. The first-order valence-electron chi connectivity index (χ1n) is 8.87. The molecule has 4 nitrogen and oxygen atoms in total. The molecule has 0 aliphatic carbocycles. The van der Waals surface area contributed by atoms with Crippen LogP contribution in [0, 0.1) is 10.5 Å². The van der Waals surface area contributed by atoms with Crippen molar-refractivity contribution in [3.8, 4) is 0 Å². The van der Waals surface area contributed by atoms with E-state index in [9.17, 15) is 9.59 Å². The second kappa shape index (κ2) is 9.50. The lowest BCUT2D eigenvalue weighted by molar-refractivity contribution is -0.147. The number of esters is 1. The monoisotopic (exact) mass is 485 g/mol. The average molecular weight is 485 g/mol. The van der Waals surface area contributed by atoms with Gasteiger partial charge in [0, 0.05) is 9.26 Å². The smallest absolute Gasteiger partial charge is 0.318 e. The maximum Gasteiger partial charge on any atom is 0.318 e. The maximum atomic E-state index is 12.8. The Kier molecular flexibility index (Phi) is 6.81. The summed E-state index contributed by atoms with van der Waals surface area (Å²) in [7, 11) is 0. The van der Waals surface area contributed by atoms with Gasteiger partial charge in [0.15, 0.2) is 6.61 Å². The topological polar surface area (TPSA) is 55.4 Å². The first-order chi connectivity index (χ1) is 13.5. The molecule has 1 N–H and O–H groups in total. The van der Waals surface area contributed by atoms with E-state index in [0.29, 0.717) is 5.69 Å². The van der Waals surface area contributed by atoms with Gasteiger partial charge in [-0.15, -0.1) is 0 Å². The summed E-state index contributed by atoms with van der Waals surface area (Å²) in [6.07, 6.45) is 0. The summed E-state index contributed by atoms with van der Waals surface area (Å²) in [5.74, 6) is -1.39. The highest BCUT2D eigenvalue weighted by Crippen LogP contribution is 2.26. The minimum absolute atomic E-state index is 0.333. The fourth-order valence-corrected chi connectivity index (χ4v) is 3.58. The first-order valence-corrected chi connectivity index (χ1v) is 9.95. The molecule has 0 aliphatic heterocycles. The lowest BCUT2D eigenvalue weighted by Crippen LogP contribution is -2.24. The molecular weight excluding hydrogens is 465 g/mol. The van der Waals surface area contributed by atoms with Crippen LogP contribution in [0.1, 0.15) is 22.6 Å². The number of rotatable bonds is 6. The molecule has 0 bridgehead atoms. The lowest BCUT2D eigenvalue weighted by Gasteiger charge is -2.17. The molecule has 0 radical (unpaired) electrons. The second-order valence-electron chi connectivity index (χ2n) is 6.37. The van der Waals surface area contributed by atoms with E-state index in [4.69, 9.17) is 4.74 Å². The Morgan fingerprint density at radius 3 is 2.04 bits per heavy atom. The zero-order valence-electron chi connectivity index (χ0n) is 15.4. The van der Waals surface area contributed by atoms with E-state index in [1.807, 2.05) is 85.8 Å². The normalized spacial score (nSPS) is 10.5. The van der Waals surface area contributed by atoms with Gasteiger partial charge in [-0.3, -0.25) is 9.59 Å². The Morgan fingerprint density at radius 1 is 0.929 bits per heavy atom. The number of halogens is 1. The van der Waals surface area contributed by atoms with Crippen molar-refractivity contribution in [2.24, 2.45) is 0 Å². The fraction of sp³-hybridized carbons (Fsp3) is 0.130. The molecule has 0 saturated heterocycles. The molecule has 0 aliphatic rings. The van der Waals surface area contributed by atoms with Crippen LogP contribution in [-0.2, 0) is 14.3 Å². The number of amides is 1. The van der Waals surface area contributed by atoms with Crippen molar-refractivity contribution in [3.63, 3.8) is 0 Å². The summed E-state index contributed by atoms with van der Waals surface area (Å²) in [6.45, 7) is 1.59. The van der Waals surface area contributed by atoms with Crippen LogP contribution < -0.4 is 5.32 Å². The summed E-state index contributed by atoms with van der Waals surface area (Å²) in [6, 6.07) is 24.6. The molecular formula is C23H20INO3. The van der Waals surface area contributed by atoms with Gasteiger partial charge in [-0.25, -0.2) is 0 Å². The summed E-state index contributed by atoms with van der Waals surface area (Å²) >= 11 is 2.22. The number of carbonyl (C=O) groups is 2. The van der Waals surface area contributed by atoms with E-state index in [0.717, 1.165) is 20.3 Å². The van der Waals surface area contributed by atoms with Gasteiger partial charge in [0.05, 0.1) is 0 Å². The van der Waals surface area contributed by atoms with E-state index in [2.05, 4.69) is 27.9 Å². The zero-order valence-corrected chi connectivity index (χ0v) is 17.6. The van der Waals surface area contributed by atoms with E-state index >= 15 is 0 Å². The quantitative estimate of drug-likeness (QED) is 0.399. The molecule has 3 aromatic carbocycles. The van der Waals surface area contributed by atoms with Crippen molar-refractivity contribution in [3.05, 3.63) is 99.1 Å². The average Bonchev–Trinajstić information content (AvgIpc) is 2.70. The predicted molar refractivity (Wildman–Crippen MR) is 118 cm³/mol. The Labute approximate surface area is 178 Å². The largest absolute Gasteiger partial charge is 0.455 e. The van der Waals surface area contributed by atoms with Crippen LogP contribution in [0.3, 0.4) is 0 Å². The van der Waals surface area contributed by atoms with Gasteiger partial charge in [-0.1, -0.05) is 60.7 Å². The minimum Gasteiger partial charge on any atom is -0.455 e. The molecule has 3 aromatic rings. The van der Waals surface area contributed by atoms with Gasteiger partial charge in [0.25, 0.3) is 5.91 Å². The van der Waals surface area contributed by atoms with Crippen molar-refractivity contribution in [2.45, 2.75) is 12.8 Å². The Balaban J connectivity index is 1.69. The van der Waals surface area contributed by atoms with Gasteiger partial charge in [0.1, 0.15) is 5.92 Å². The Hall–Kier alpha value is -2.67. The molecule has 0 fully saturated rings. The molecule has 28 heavy (non-hydrogen) atoms. The number of nitrogens with one attached hydrogen (secondary N) is 1. The van der Waals surface area contributed by atoms with Crippen LogP contribution >= 0.6 is 22.6 Å². The van der Waals surface area contributed by atoms with Crippen LogP contribution in [0.15, 0.2) is 78.9 Å². The van der Waals surface area contributed by atoms with Crippen molar-refractivity contribution < 1.29 is 14.3 Å². The molecule has 0 spiro atoms. The van der Waals surface area contributed by atoms with Crippen molar-refractivity contribution in [2.75, 3.05) is 11.9 Å². The number of ether oxygens (including phenoxy) is 1.